The fourth-order valence-electron chi connectivity index (χ4n) is 3.25. The van der Waals surface area contributed by atoms with Gasteiger partial charge in [0.1, 0.15) is 5.39 Å². The molecule has 0 spiro atoms. The lowest BCUT2D eigenvalue weighted by Gasteiger charge is -2.29. The number of likely N-dealkylation sites (N-methyl/N-ethyl adjacent to an activating group) is 1. The van der Waals surface area contributed by atoms with Crippen molar-refractivity contribution in [3.8, 4) is 6.01 Å². The van der Waals surface area contributed by atoms with Gasteiger partial charge in [-0.25, -0.2) is 4.79 Å². The molecular weight excluding hydrogens is 350 g/mol. The molecule has 0 radical (unpaired) electrons. The van der Waals surface area contributed by atoms with Crippen LogP contribution in [-0.2, 0) is 6.42 Å². The molecule has 2 aromatic heterocycles. The highest BCUT2D eigenvalue weighted by Gasteiger charge is 2.23. The van der Waals surface area contributed by atoms with Gasteiger partial charge in [0, 0.05) is 25.6 Å². The number of rotatable bonds is 5. The third-order valence-corrected chi connectivity index (χ3v) is 4.78. The van der Waals surface area contributed by atoms with Crippen LogP contribution in [0, 0.1) is 0 Å². The van der Waals surface area contributed by atoms with Crippen LogP contribution in [0.1, 0.15) is 32.3 Å². The van der Waals surface area contributed by atoms with E-state index < -0.39 is 11.2 Å². The summed E-state index contributed by atoms with van der Waals surface area (Å²) in [4.78, 5) is 39.8. The zero-order chi connectivity index (χ0) is 19.4. The summed E-state index contributed by atoms with van der Waals surface area (Å²) in [5.74, 6) is 0.900. The Balaban J connectivity index is 1.89. The van der Waals surface area contributed by atoms with Crippen molar-refractivity contribution in [1.82, 2.24) is 14.9 Å². The molecule has 1 fully saturated rings. The van der Waals surface area contributed by atoms with Crippen molar-refractivity contribution in [2.75, 3.05) is 33.2 Å². The molecule has 0 aromatic carbocycles. The first kappa shape index (κ1) is 19.2. The number of hydrogen-bond donors (Lipinski definition) is 2. The van der Waals surface area contributed by atoms with Gasteiger partial charge in [-0.3, -0.25) is 19.6 Å². The Morgan fingerprint density at radius 1 is 1.37 bits per heavy atom. The van der Waals surface area contributed by atoms with E-state index in [1.807, 2.05) is 6.92 Å². The van der Waals surface area contributed by atoms with Gasteiger partial charge in [0.25, 0.3) is 5.56 Å². The lowest BCUT2D eigenvalue weighted by molar-refractivity contribution is -0.813. The fraction of sp³-hybridized carbons (Fsp3) is 0.556. The van der Waals surface area contributed by atoms with Crippen LogP contribution in [-0.4, -0.2) is 53.9 Å². The largest absolute Gasteiger partial charge is 0.403 e. The molecule has 0 atom stereocenters. The Bertz CT molecular complexity index is 941. The molecule has 0 bridgehead atoms. The lowest BCUT2D eigenvalue weighted by atomic mass is 10.1. The van der Waals surface area contributed by atoms with Crippen molar-refractivity contribution in [3.63, 3.8) is 0 Å². The Labute approximate surface area is 156 Å². The second-order valence-corrected chi connectivity index (χ2v) is 6.78. The number of amidine groups is 1. The van der Waals surface area contributed by atoms with Gasteiger partial charge in [-0.2, -0.15) is 4.98 Å². The molecule has 9 heteroatoms. The highest BCUT2D eigenvalue weighted by molar-refractivity contribution is 5.76. The molecule has 3 heterocycles. The van der Waals surface area contributed by atoms with E-state index in [-0.39, 0.29) is 17.1 Å². The number of hydrogen-bond acceptors (Lipinski definition) is 7. The van der Waals surface area contributed by atoms with Gasteiger partial charge < -0.3 is 9.25 Å². The standard InChI is InChI=1S/C18H25N5O4/c1-4-6-13(23-9-7-22(3)8-10-23)21-27-18-19-16(25)15-12(5-2)11-14(24)26-17(15)20-18/h11H,4-10H2,1-3H3,(H,19,20,25)/p+1/b21-13+. The number of oxime groups is 1. The average Bonchev–Trinajstić information content (AvgIpc) is 2.64. The van der Waals surface area contributed by atoms with Crippen molar-refractivity contribution >= 4 is 16.9 Å². The van der Waals surface area contributed by atoms with Crippen LogP contribution in [0.4, 0.5) is 0 Å². The monoisotopic (exact) mass is 376 g/mol. The quantitative estimate of drug-likeness (QED) is 0.424. The average molecular weight is 376 g/mol. The number of quaternary nitrogens is 1. The van der Waals surface area contributed by atoms with Crippen LogP contribution >= 0.6 is 0 Å². The molecule has 9 nitrogen and oxygen atoms in total. The van der Waals surface area contributed by atoms with Crippen molar-refractivity contribution in [2.24, 2.45) is 5.16 Å². The van der Waals surface area contributed by atoms with Crippen LogP contribution in [0.5, 0.6) is 6.01 Å². The summed E-state index contributed by atoms with van der Waals surface area (Å²) in [6.07, 6.45) is 2.27. The minimum Gasteiger partial charge on any atom is -0.403 e. The van der Waals surface area contributed by atoms with E-state index in [0.717, 1.165) is 44.9 Å². The molecule has 0 saturated carbocycles. The van der Waals surface area contributed by atoms with Crippen molar-refractivity contribution in [2.45, 2.75) is 33.1 Å². The topological polar surface area (TPSA) is 105 Å². The van der Waals surface area contributed by atoms with E-state index in [4.69, 9.17) is 9.25 Å². The summed E-state index contributed by atoms with van der Waals surface area (Å²) in [5.41, 5.74) is -0.383. The van der Waals surface area contributed by atoms with Gasteiger partial charge in [-0.15, -0.1) is 0 Å². The second kappa shape index (κ2) is 8.45. The van der Waals surface area contributed by atoms with E-state index >= 15 is 0 Å². The summed E-state index contributed by atoms with van der Waals surface area (Å²) >= 11 is 0. The van der Waals surface area contributed by atoms with Crippen LogP contribution in [0.25, 0.3) is 11.1 Å². The molecule has 27 heavy (non-hydrogen) atoms. The van der Waals surface area contributed by atoms with E-state index in [2.05, 4.69) is 34.0 Å². The molecule has 3 rings (SSSR count). The van der Waals surface area contributed by atoms with Gasteiger partial charge in [-0.05, 0) is 30.6 Å². The molecule has 1 aliphatic rings. The van der Waals surface area contributed by atoms with Gasteiger partial charge in [0.05, 0.1) is 13.1 Å². The highest BCUT2D eigenvalue weighted by atomic mass is 16.6. The van der Waals surface area contributed by atoms with E-state index in [1.54, 1.807) is 0 Å². The van der Waals surface area contributed by atoms with Crippen LogP contribution in [0.3, 0.4) is 0 Å². The molecule has 0 aliphatic carbocycles. The molecule has 2 aromatic rings. The number of H-pyrrole nitrogens is 1. The van der Waals surface area contributed by atoms with Crippen molar-refractivity contribution in [1.29, 1.82) is 0 Å². The predicted octanol–water partition coefficient (Wildman–Crippen LogP) is -0.239. The first-order valence-electron chi connectivity index (χ1n) is 9.36. The molecule has 0 amide bonds. The number of aromatic nitrogens is 2. The fourth-order valence-corrected chi connectivity index (χ4v) is 3.25. The molecule has 2 N–H and O–H groups in total. The first-order valence-corrected chi connectivity index (χ1v) is 9.36. The normalized spacial score (nSPS) is 16.8. The summed E-state index contributed by atoms with van der Waals surface area (Å²) in [6.45, 7) is 7.84. The van der Waals surface area contributed by atoms with Gasteiger partial charge >= 0.3 is 11.6 Å². The summed E-state index contributed by atoms with van der Waals surface area (Å²) in [7, 11) is 2.10. The summed E-state index contributed by atoms with van der Waals surface area (Å²) in [6, 6.07) is 1.24. The second-order valence-electron chi connectivity index (χ2n) is 6.78. The van der Waals surface area contributed by atoms with E-state index in [9.17, 15) is 9.59 Å². The number of nitrogens with one attached hydrogen (secondary N) is 2. The maximum absolute atomic E-state index is 12.4. The first-order chi connectivity index (χ1) is 13.0. The minimum atomic E-state index is -0.541. The maximum Gasteiger partial charge on any atom is 0.337 e. The Morgan fingerprint density at radius 3 is 2.78 bits per heavy atom. The Hall–Kier alpha value is -2.52. The van der Waals surface area contributed by atoms with E-state index in [0.29, 0.717) is 12.0 Å². The third kappa shape index (κ3) is 4.42. The minimum absolute atomic E-state index is 0.0303. The van der Waals surface area contributed by atoms with Crippen LogP contribution in [0.2, 0.25) is 0 Å². The SMILES string of the molecule is CCC/C(=N\Oc1nc2oc(=O)cc(CC)c2c(=O)[nH]1)[NH+]1CCN(C)CC1. The van der Waals surface area contributed by atoms with Crippen molar-refractivity contribution in [3.05, 3.63) is 32.4 Å². The number of aryl methyl sites for hydroxylation is 1. The van der Waals surface area contributed by atoms with E-state index in [1.165, 1.54) is 11.0 Å². The molecule has 0 unspecified atom stereocenters. The zero-order valence-corrected chi connectivity index (χ0v) is 16.0. The maximum atomic E-state index is 12.4. The number of nitrogens with zero attached hydrogens (tertiary/aromatic N) is 3. The third-order valence-electron chi connectivity index (χ3n) is 4.78. The summed E-state index contributed by atoms with van der Waals surface area (Å²) < 4.78 is 5.08. The highest BCUT2D eigenvalue weighted by Crippen LogP contribution is 2.13. The molecular formula is C18H26N5O4+. The predicted molar refractivity (Wildman–Crippen MR) is 101 cm³/mol. The zero-order valence-electron chi connectivity index (χ0n) is 16.0. The number of fused-ring (bicyclic) bond motifs is 1. The number of piperazine rings is 1. The smallest absolute Gasteiger partial charge is 0.337 e. The Kier molecular flexibility index (Phi) is 6.02. The number of aromatic amines is 1. The molecule has 1 aliphatic heterocycles. The van der Waals surface area contributed by atoms with Gasteiger partial charge in [0.2, 0.25) is 11.5 Å². The van der Waals surface area contributed by atoms with Crippen LogP contribution in [0.15, 0.2) is 25.2 Å². The molecule has 1 saturated heterocycles. The summed E-state index contributed by atoms with van der Waals surface area (Å²) in [5, 5.41) is 4.52. The lowest BCUT2D eigenvalue weighted by Crippen LogP contribution is -3.17. The molecule has 146 valence electrons. The van der Waals surface area contributed by atoms with Gasteiger partial charge in [-0.1, -0.05) is 13.8 Å². The van der Waals surface area contributed by atoms with Crippen LogP contribution < -0.4 is 20.9 Å². The van der Waals surface area contributed by atoms with Crippen molar-refractivity contribution < 1.29 is 14.2 Å². The Morgan fingerprint density at radius 2 is 2.11 bits per heavy atom. The van der Waals surface area contributed by atoms with Gasteiger partial charge in [0.15, 0.2) is 0 Å².